The van der Waals surface area contributed by atoms with E-state index in [-0.39, 0.29) is 11.3 Å². The molecule has 3 nitrogen and oxygen atoms in total. The van der Waals surface area contributed by atoms with Crippen molar-refractivity contribution in [2.45, 2.75) is 0 Å². The van der Waals surface area contributed by atoms with Gasteiger partial charge in [0.1, 0.15) is 17.4 Å². The smallest absolute Gasteiger partial charge is 0.137 e. The average molecular weight is 199 g/mol. The van der Waals surface area contributed by atoms with Gasteiger partial charge in [-0.05, 0) is 11.3 Å². The predicted octanol–water partition coefficient (Wildman–Crippen LogP) is 2.71. The minimum atomic E-state index is -0.804. The first-order valence-corrected chi connectivity index (χ1v) is 3.71. The van der Waals surface area contributed by atoms with Crippen molar-refractivity contribution in [1.82, 2.24) is 0 Å². The number of rotatable bonds is 3. The Hall–Kier alpha value is -1.78. The van der Waals surface area contributed by atoms with Gasteiger partial charge in [0.25, 0.3) is 0 Å². The molecule has 1 aromatic rings. The fourth-order valence-corrected chi connectivity index (χ4v) is 0.943. The first kappa shape index (κ1) is 10.3. The van der Waals surface area contributed by atoms with Crippen molar-refractivity contribution in [1.29, 1.82) is 0 Å². The second kappa shape index (κ2) is 4.45. The highest BCUT2D eigenvalue weighted by atomic mass is 19.1. The highest BCUT2D eigenvalue weighted by Crippen LogP contribution is 2.21. The van der Waals surface area contributed by atoms with Crippen molar-refractivity contribution in [3.63, 3.8) is 0 Å². The molecule has 0 atom stereocenters. The number of hydrogen-bond acceptors (Lipinski definition) is 3. The summed E-state index contributed by atoms with van der Waals surface area (Å²) in [7, 11) is 1.30. The first-order chi connectivity index (χ1) is 6.69. The van der Waals surface area contributed by atoms with Crippen LogP contribution in [0.25, 0.3) is 6.08 Å². The van der Waals surface area contributed by atoms with Gasteiger partial charge >= 0.3 is 0 Å². The van der Waals surface area contributed by atoms with Crippen LogP contribution in [-0.2, 0) is 0 Å². The van der Waals surface area contributed by atoms with Crippen LogP contribution >= 0.6 is 0 Å². The number of hydrogen-bond donors (Lipinski definition) is 0. The van der Waals surface area contributed by atoms with E-state index in [1.807, 2.05) is 0 Å². The molecule has 0 bridgehead atoms. The second-order valence-corrected chi connectivity index (χ2v) is 2.43. The van der Waals surface area contributed by atoms with Crippen LogP contribution in [0.1, 0.15) is 5.56 Å². The van der Waals surface area contributed by atoms with Gasteiger partial charge in [-0.1, -0.05) is 0 Å². The lowest BCUT2D eigenvalue weighted by molar-refractivity contribution is 0.406. The van der Waals surface area contributed by atoms with E-state index in [0.717, 1.165) is 24.4 Å². The Kier molecular flexibility index (Phi) is 3.28. The number of methoxy groups -OCH3 is 1. The van der Waals surface area contributed by atoms with E-state index >= 15 is 0 Å². The van der Waals surface area contributed by atoms with Crippen LogP contribution in [0.2, 0.25) is 0 Å². The molecule has 0 aliphatic carbocycles. The molecule has 5 heteroatoms. The molecule has 0 saturated heterocycles. The molecular weight excluding hydrogens is 192 g/mol. The summed E-state index contributed by atoms with van der Waals surface area (Å²) in [6.07, 6.45) is 1.73. The molecule has 0 aromatic heterocycles. The summed E-state index contributed by atoms with van der Waals surface area (Å²) in [6, 6.07) is 2.04. The van der Waals surface area contributed by atoms with Gasteiger partial charge in [-0.25, -0.2) is 8.78 Å². The van der Waals surface area contributed by atoms with Gasteiger partial charge < -0.3 is 4.74 Å². The average Bonchev–Trinajstić information content (AvgIpc) is 2.16. The Bertz CT molecular complexity index is 354. The molecule has 0 fully saturated rings. The summed E-state index contributed by atoms with van der Waals surface area (Å²) >= 11 is 0. The largest absolute Gasteiger partial charge is 0.497 e. The summed E-state index contributed by atoms with van der Waals surface area (Å²) in [5, 5.41) is 2.36. The molecule has 1 aromatic carbocycles. The molecule has 0 aliphatic rings. The standard InChI is InChI=1S/C9H7F2NO2/c1-14-6-4-8(10)7(2-3-12-13)9(11)5-6/h2-5H,1H3/b3-2+. The lowest BCUT2D eigenvalue weighted by Crippen LogP contribution is -1.92. The zero-order valence-electron chi connectivity index (χ0n) is 7.33. The normalized spacial score (nSPS) is 10.5. The van der Waals surface area contributed by atoms with Crippen LogP contribution in [0.15, 0.2) is 23.5 Å². The van der Waals surface area contributed by atoms with Gasteiger partial charge in [0.15, 0.2) is 0 Å². The van der Waals surface area contributed by atoms with Crippen molar-refractivity contribution in [2.75, 3.05) is 7.11 Å². The van der Waals surface area contributed by atoms with Crippen LogP contribution in [-0.4, -0.2) is 7.11 Å². The molecule has 74 valence electrons. The fourth-order valence-electron chi connectivity index (χ4n) is 0.943. The Morgan fingerprint density at radius 2 is 1.93 bits per heavy atom. The van der Waals surface area contributed by atoms with Crippen molar-refractivity contribution in [3.8, 4) is 5.75 Å². The van der Waals surface area contributed by atoms with E-state index in [1.165, 1.54) is 7.11 Å². The van der Waals surface area contributed by atoms with E-state index < -0.39 is 11.6 Å². The summed E-state index contributed by atoms with van der Waals surface area (Å²) < 4.78 is 30.9. The van der Waals surface area contributed by atoms with Gasteiger partial charge in [0.2, 0.25) is 0 Å². The van der Waals surface area contributed by atoms with Gasteiger partial charge in [-0.2, -0.15) is 0 Å². The van der Waals surface area contributed by atoms with Crippen molar-refractivity contribution in [3.05, 3.63) is 40.4 Å². The van der Waals surface area contributed by atoms with Crippen LogP contribution in [0, 0.1) is 16.5 Å². The van der Waals surface area contributed by atoms with E-state index in [4.69, 9.17) is 0 Å². The molecule has 0 unspecified atom stereocenters. The molecule has 0 spiro atoms. The van der Waals surface area contributed by atoms with E-state index in [0.29, 0.717) is 0 Å². The predicted molar refractivity (Wildman–Crippen MR) is 47.7 cm³/mol. The van der Waals surface area contributed by atoms with Crippen LogP contribution in [0.4, 0.5) is 8.78 Å². The van der Waals surface area contributed by atoms with Gasteiger partial charge in [0, 0.05) is 17.7 Å². The maximum absolute atomic E-state index is 13.1. The highest BCUT2D eigenvalue weighted by Gasteiger charge is 2.08. The summed E-state index contributed by atoms with van der Waals surface area (Å²) in [5.41, 5.74) is -0.314. The topological polar surface area (TPSA) is 38.7 Å². The minimum Gasteiger partial charge on any atom is -0.497 e. The number of nitrogens with zero attached hydrogens (tertiary/aromatic N) is 1. The Morgan fingerprint density at radius 1 is 1.36 bits per heavy atom. The third-order valence-electron chi connectivity index (χ3n) is 1.59. The van der Waals surface area contributed by atoms with Crippen molar-refractivity contribution in [2.24, 2.45) is 5.18 Å². The van der Waals surface area contributed by atoms with Gasteiger partial charge in [0.05, 0.1) is 13.3 Å². The maximum atomic E-state index is 13.1. The van der Waals surface area contributed by atoms with Crippen molar-refractivity contribution >= 4 is 6.08 Å². The second-order valence-electron chi connectivity index (χ2n) is 2.43. The first-order valence-electron chi connectivity index (χ1n) is 3.71. The summed E-state index contributed by atoms with van der Waals surface area (Å²) in [5.74, 6) is -1.53. The number of benzene rings is 1. The number of ether oxygens (including phenoxy) is 1. The molecular formula is C9H7F2NO2. The summed E-state index contributed by atoms with van der Waals surface area (Å²) in [4.78, 5) is 9.72. The molecule has 0 radical (unpaired) electrons. The number of halogens is 2. The maximum Gasteiger partial charge on any atom is 0.137 e. The molecule has 0 saturated carbocycles. The van der Waals surface area contributed by atoms with Gasteiger partial charge in [-0.3, -0.25) is 0 Å². The fraction of sp³-hybridized carbons (Fsp3) is 0.111. The van der Waals surface area contributed by atoms with Crippen LogP contribution in [0.3, 0.4) is 0 Å². The Labute approximate surface area is 79.0 Å². The third kappa shape index (κ3) is 2.12. The summed E-state index contributed by atoms with van der Waals surface area (Å²) in [6.45, 7) is 0. The zero-order valence-corrected chi connectivity index (χ0v) is 7.33. The lowest BCUT2D eigenvalue weighted by atomic mass is 10.2. The lowest BCUT2D eigenvalue weighted by Gasteiger charge is -2.03. The molecule has 0 N–H and O–H groups in total. The van der Waals surface area contributed by atoms with Crippen LogP contribution < -0.4 is 4.74 Å². The molecule has 0 amide bonds. The van der Waals surface area contributed by atoms with Crippen LogP contribution in [0.5, 0.6) is 5.75 Å². The van der Waals surface area contributed by atoms with Crippen molar-refractivity contribution < 1.29 is 13.5 Å². The molecule has 0 aliphatic heterocycles. The third-order valence-corrected chi connectivity index (χ3v) is 1.59. The monoisotopic (exact) mass is 199 g/mol. The Balaban J connectivity index is 3.17. The van der Waals surface area contributed by atoms with E-state index in [2.05, 4.69) is 9.91 Å². The molecule has 1 rings (SSSR count). The zero-order chi connectivity index (χ0) is 10.6. The highest BCUT2D eigenvalue weighted by molar-refractivity contribution is 5.52. The SMILES string of the molecule is COc1cc(F)c(/C=C/N=O)c(F)c1. The minimum absolute atomic E-state index is 0.0798. The molecule has 0 heterocycles. The number of nitroso groups, excluding NO2 is 1. The molecule has 14 heavy (non-hydrogen) atoms. The Morgan fingerprint density at radius 3 is 2.36 bits per heavy atom. The van der Waals surface area contributed by atoms with E-state index in [1.54, 1.807) is 0 Å². The van der Waals surface area contributed by atoms with E-state index in [9.17, 15) is 13.7 Å². The quantitative estimate of drug-likeness (QED) is 0.702. The van der Waals surface area contributed by atoms with Gasteiger partial charge in [-0.15, -0.1) is 4.91 Å².